The number of imidazole rings is 1. The van der Waals surface area contributed by atoms with Crippen LogP contribution in [0.1, 0.15) is 36.1 Å². The quantitative estimate of drug-likeness (QED) is 0.918. The zero-order chi connectivity index (χ0) is 13.2. The highest BCUT2D eigenvalue weighted by atomic mass is 16.5. The Labute approximate surface area is 113 Å². The zero-order valence-electron chi connectivity index (χ0n) is 11.1. The molecule has 2 atom stereocenters. The van der Waals surface area contributed by atoms with Crippen molar-refractivity contribution in [1.82, 2.24) is 9.55 Å². The molecule has 2 N–H and O–H groups in total. The van der Waals surface area contributed by atoms with Gasteiger partial charge in [-0.05, 0) is 30.4 Å². The third kappa shape index (κ3) is 2.36. The van der Waals surface area contributed by atoms with Crippen LogP contribution in [0.25, 0.3) is 0 Å². The molecule has 0 amide bonds. The minimum Gasteiger partial charge on any atom is -0.493 e. The molecule has 0 fully saturated rings. The van der Waals surface area contributed by atoms with E-state index < -0.39 is 0 Å². The number of nitrogens with two attached hydrogens (primary N) is 1. The van der Waals surface area contributed by atoms with E-state index in [2.05, 4.69) is 17.1 Å². The molecule has 100 valence electrons. The lowest BCUT2D eigenvalue weighted by Gasteiger charge is -2.27. The number of aryl methyl sites for hydroxylation is 1. The topological polar surface area (TPSA) is 53.1 Å². The molecule has 1 aliphatic rings. The van der Waals surface area contributed by atoms with Gasteiger partial charge in [0.1, 0.15) is 5.75 Å². The predicted octanol–water partition coefficient (Wildman–Crippen LogP) is 2.38. The van der Waals surface area contributed by atoms with Crippen molar-refractivity contribution in [3.63, 3.8) is 0 Å². The number of aromatic nitrogens is 2. The van der Waals surface area contributed by atoms with Gasteiger partial charge >= 0.3 is 0 Å². The lowest BCUT2D eigenvalue weighted by molar-refractivity contribution is 0.258. The molecule has 0 saturated heterocycles. The van der Waals surface area contributed by atoms with E-state index in [-0.39, 0.29) is 6.04 Å². The number of hydrogen-bond acceptors (Lipinski definition) is 3. The van der Waals surface area contributed by atoms with Crippen molar-refractivity contribution < 1.29 is 4.74 Å². The summed E-state index contributed by atoms with van der Waals surface area (Å²) in [5.41, 5.74) is 8.70. The number of hydrogen-bond donors (Lipinski definition) is 1. The van der Waals surface area contributed by atoms with Crippen molar-refractivity contribution in [2.45, 2.75) is 24.8 Å². The Kier molecular flexibility index (Phi) is 3.25. The average Bonchev–Trinajstić information content (AvgIpc) is 2.85. The summed E-state index contributed by atoms with van der Waals surface area (Å²) in [7, 11) is 1.99. The van der Waals surface area contributed by atoms with Crippen molar-refractivity contribution in [1.29, 1.82) is 0 Å². The number of para-hydroxylation sites is 1. The van der Waals surface area contributed by atoms with E-state index in [0.29, 0.717) is 5.92 Å². The van der Waals surface area contributed by atoms with Gasteiger partial charge in [-0.3, -0.25) is 0 Å². The third-order valence-electron chi connectivity index (χ3n) is 3.86. The van der Waals surface area contributed by atoms with Gasteiger partial charge in [-0.15, -0.1) is 0 Å². The smallest absolute Gasteiger partial charge is 0.122 e. The Hall–Kier alpha value is -1.81. The van der Waals surface area contributed by atoms with Crippen LogP contribution in [0.2, 0.25) is 0 Å². The molecule has 0 saturated carbocycles. The molecular weight excluding hydrogens is 238 g/mol. The summed E-state index contributed by atoms with van der Waals surface area (Å²) in [6.07, 6.45) is 5.62. The molecule has 19 heavy (non-hydrogen) atoms. The first-order valence-corrected chi connectivity index (χ1v) is 6.69. The molecule has 4 nitrogen and oxygen atoms in total. The summed E-state index contributed by atoms with van der Waals surface area (Å²) in [5, 5.41) is 0. The lowest BCUT2D eigenvalue weighted by atomic mass is 9.87. The summed E-state index contributed by atoms with van der Waals surface area (Å²) in [4.78, 5) is 4.14. The molecule has 0 bridgehead atoms. The molecule has 1 aromatic heterocycles. The Balaban J connectivity index is 1.80. The lowest BCUT2D eigenvalue weighted by Crippen LogP contribution is -2.21. The maximum absolute atomic E-state index is 6.33. The zero-order valence-corrected chi connectivity index (χ0v) is 11.1. The van der Waals surface area contributed by atoms with Gasteiger partial charge in [0, 0.05) is 19.3 Å². The van der Waals surface area contributed by atoms with Crippen molar-refractivity contribution in [2.24, 2.45) is 12.8 Å². The van der Waals surface area contributed by atoms with Crippen molar-refractivity contribution in [3.05, 3.63) is 48.0 Å². The summed E-state index contributed by atoms with van der Waals surface area (Å²) in [6.45, 7) is 0.778. The molecule has 2 aromatic rings. The van der Waals surface area contributed by atoms with Crippen LogP contribution in [0.15, 0.2) is 36.8 Å². The number of ether oxygens (including phenoxy) is 1. The van der Waals surface area contributed by atoms with E-state index in [4.69, 9.17) is 10.5 Å². The summed E-state index contributed by atoms with van der Waals surface area (Å²) in [5.74, 6) is 1.48. The largest absolute Gasteiger partial charge is 0.493 e. The summed E-state index contributed by atoms with van der Waals surface area (Å²) >= 11 is 0. The summed E-state index contributed by atoms with van der Waals surface area (Å²) in [6, 6.07) is 8.29. The van der Waals surface area contributed by atoms with Crippen LogP contribution < -0.4 is 10.5 Å². The molecule has 3 rings (SSSR count). The van der Waals surface area contributed by atoms with Gasteiger partial charge in [-0.2, -0.15) is 0 Å². The van der Waals surface area contributed by atoms with Crippen LogP contribution in [0, 0.1) is 0 Å². The highest BCUT2D eigenvalue weighted by Gasteiger charge is 2.24. The fourth-order valence-electron chi connectivity index (χ4n) is 2.81. The van der Waals surface area contributed by atoms with Gasteiger partial charge < -0.3 is 15.0 Å². The van der Waals surface area contributed by atoms with Crippen molar-refractivity contribution in [3.8, 4) is 5.75 Å². The van der Waals surface area contributed by atoms with Gasteiger partial charge in [0.05, 0.1) is 18.6 Å². The maximum atomic E-state index is 6.33. The maximum Gasteiger partial charge on any atom is 0.122 e. The highest BCUT2D eigenvalue weighted by Crippen LogP contribution is 2.38. The van der Waals surface area contributed by atoms with E-state index >= 15 is 0 Å². The first-order chi connectivity index (χ1) is 9.25. The first-order valence-electron chi connectivity index (χ1n) is 6.69. The SMILES string of the molecule is Cn1cncc1C(N)CC1CCOc2ccccc21. The Bertz CT molecular complexity index is 564. The molecule has 0 aliphatic carbocycles. The van der Waals surface area contributed by atoms with E-state index in [1.165, 1.54) is 5.56 Å². The second-order valence-electron chi connectivity index (χ2n) is 5.14. The molecule has 1 aromatic carbocycles. The van der Waals surface area contributed by atoms with E-state index in [9.17, 15) is 0 Å². The molecule has 4 heteroatoms. The van der Waals surface area contributed by atoms with Crippen molar-refractivity contribution >= 4 is 0 Å². The number of benzene rings is 1. The van der Waals surface area contributed by atoms with Crippen molar-refractivity contribution in [2.75, 3.05) is 6.61 Å². The van der Waals surface area contributed by atoms with Gasteiger partial charge in [0.15, 0.2) is 0 Å². The van der Waals surface area contributed by atoms with Crippen LogP contribution in [0.4, 0.5) is 0 Å². The minimum absolute atomic E-state index is 0.0173. The normalized spacial score (nSPS) is 19.6. The van der Waals surface area contributed by atoms with Gasteiger partial charge in [-0.25, -0.2) is 4.98 Å². The molecule has 0 spiro atoms. The fraction of sp³-hybridized carbons (Fsp3) is 0.400. The third-order valence-corrected chi connectivity index (χ3v) is 3.86. The average molecular weight is 257 g/mol. The first kappa shape index (κ1) is 12.2. The highest BCUT2D eigenvalue weighted by molar-refractivity contribution is 5.38. The standard InChI is InChI=1S/C15H19N3O/c1-18-10-17-9-14(18)13(16)8-11-6-7-19-15-5-3-2-4-12(11)15/h2-5,9-11,13H,6-8,16H2,1H3. The minimum atomic E-state index is 0.0173. The molecule has 2 unspecified atom stereocenters. The van der Waals surface area contributed by atoms with Crippen LogP contribution >= 0.6 is 0 Å². The molecule has 0 radical (unpaired) electrons. The van der Waals surface area contributed by atoms with Crippen LogP contribution in [0.5, 0.6) is 5.75 Å². The number of fused-ring (bicyclic) bond motifs is 1. The molecule has 1 aliphatic heterocycles. The second-order valence-corrected chi connectivity index (χ2v) is 5.14. The number of nitrogens with zero attached hydrogens (tertiary/aromatic N) is 2. The Morgan fingerprint density at radius 2 is 2.32 bits per heavy atom. The predicted molar refractivity (Wildman–Crippen MR) is 74.0 cm³/mol. The second kappa shape index (κ2) is 5.05. The van der Waals surface area contributed by atoms with E-state index in [1.807, 2.05) is 29.9 Å². The number of rotatable bonds is 3. The summed E-state index contributed by atoms with van der Waals surface area (Å²) < 4.78 is 7.69. The Morgan fingerprint density at radius 3 is 3.11 bits per heavy atom. The van der Waals surface area contributed by atoms with E-state index in [1.54, 1.807) is 6.33 Å². The molecule has 2 heterocycles. The van der Waals surface area contributed by atoms with Gasteiger partial charge in [0.25, 0.3) is 0 Å². The van der Waals surface area contributed by atoms with Crippen LogP contribution in [0.3, 0.4) is 0 Å². The van der Waals surface area contributed by atoms with Gasteiger partial charge in [0.2, 0.25) is 0 Å². The van der Waals surface area contributed by atoms with E-state index in [0.717, 1.165) is 30.9 Å². The fourth-order valence-corrected chi connectivity index (χ4v) is 2.81. The van der Waals surface area contributed by atoms with Gasteiger partial charge in [-0.1, -0.05) is 18.2 Å². The van der Waals surface area contributed by atoms with Crippen LogP contribution in [-0.4, -0.2) is 16.2 Å². The molecular formula is C15H19N3O. The van der Waals surface area contributed by atoms with Crippen LogP contribution in [-0.2, 0) is 7.05 Å². The monoisotopic (exact) mass is 257 g/mol. The Morgan fingerprint density at radius 1 is 1.47 bits per heavy atom.